The van der Waals surface area contributed by atoms with Gasteiger partial charge >= 0.3 is 6.18 Å². The van der Waals surface area contributed by atoms with Crippen LogP contribution in [0.2, 0.25) is 5.02 Å². The number of aromatic nitrogens is 1. The van der Waals surface area contributed by atoms with Gasteiger partial charge in [-0.05, 0) is 12.5 Å². The molecular formula is C15H19ClF3N5. The number of hydrogen-bond acceptors (Lipinski definition) is 3. The molecule has 132 valence electrons. The quantitative estimate of drug-likeness (QED) is 0.492. The van der Waals surface area contributed by atoms with E-state index in [1.807, 2.05) is 4.90 Å². The molecule has 0 amide bonds. The molecule has 1 saturated heterocycles. The van der Waals surface area contributed by atoms with E-state index in [-0.39, 0.29) is 11.1 Å². The molecule has 5 nitrogen and oxygen atoms in total. The van der Waals surface area contributed by atoms with E-state index < -0.39 is 11.7 Å². The Hall–Kier alpha value is -1.96. The normalized spacial score (nSPS) is 18.6. The lowest BCUT2D eigenvalue weighted by Gasteiger charge is -2.20. The lowest BCUT2D eigenvalue weighted by molar-refractivity contribution is -0.137. The molecule has 24 heavy (non-hydrogen) atoms. The summed E-state index contributed by atoms with van der Waals surface area (Å²) in [6.07, 6.45) is -1.12. The largest absolute Gasteiger partial charge is 0.417 e. The Balaban J connectivity index is 2.02. The molecule has 0 aliphatic carbocycles. The van der Waals surface area contributed by atoms with Gasteiger partial charge in [-0.2, -0.15) is 13.2 Å². The highest BCUT2D eigenvalue weighted by molar-refractivity contribution is 6.33. The number of aliphatic imine (C=N–C) groups is 1. The summed E-state index contributed by atoms with van der Waals surface area (Å²) >= 11 is 5.99. The predicted molar refractivity (Wildman–Crippen MR) is 89.6 cm³/mol. The van der Waals surface area contributed by atoms with Gasteiger partial charge in [0.05, 0.1) is 10.6 Å². The van der Waals surface area contributed by atoms with Crippen LogP contribution in [-0.4, -0.2) is 43.7 Å². The molecule has 2 heterocycles. The van der Waals surface area contributed by atoms with Gasteiger partial charge in [0, 0.05) is 38.9 Å². The second-order valence-electron chi connectivity index (χ2n) is 5.34. The van der Waals surface area contributed by atoms with Crippen LogP contribution in [0.25, 0.3) is 0 Å². The molecule has 0 saturated carbocycles. The van der Waals surface area contributed by atoms with Crippen LogP contribution in [0.4, 0.5) is 19.0 Å². The van der Waals surface area contributed by atoms with Crippen LogP contribution in [0.3, 0.4) is 0 Å². The van der Waals surface area contributed by atoms with Gasteiger partial charge in [0.25, 0.3) is 0 Å². The molecule has 0 bridgehead atoms. The van der Waals surface area contributed by atoms with Crippen molar-refractivity contribution in [3.05, 3.63) is 35.5 Å². The number of hydrogen-bond donors (Lipinski definition) is 2. The lowest BCUT2D eigenvalue weighted by atomic mass is 10.2. The van der Waals surface area contributed by atoms with Gasteiger partial charge in [-0.15, -0.1) is 6.58 Å². The number of alkyl halides is 3. The molecule has 2 rings (SSSR count). The van der Waals surface area contributed by atoms with Crippen LogP contribution in [0, 0.1) is 0 Å². The van der Waals surface area contributed by atoms with Gasteiger partial charge in [0.15, 0.2) is 5.96 Å². The minimum absolute atomic E-state index is 0.000334. The first-order chi connectivity index (χ1) is 11.3. The second-order valence-corrected chi connectivity index (χ2v) is 5.75. The second kappa shape index (κ2) is 7.74. The van der Waals surface area contributed by atoms with Crippen molar-refractivity contribution in [2.45, 2.75) is 18.6 Å². The standard InChI is InChI=1S/C15H19ClF3N5/c1-3-5-21-14(20-2)23-11-4-6-24(9-11)13-12(16)7-10(8-22-13)15(17,18)19/h3,7-8,11H,1,4-6,9H2,2H3,(H2,20,21,23). The Bertz CT molecular complexity index is 618. The Morgan fingerprint density at radius 2 is 2.33 bits per heavy atom. The van der Waals surface area contributed by atoms with Crippen molar-refractivity contribution in [1.82, 2.24) is 15.6 Å². The summed E-state index contributed by atoms with van der Waals surface area (Å²) in [5, 5.41) is 6.33. The van der Waals surface area contributed by atoms with Crippen molar-refractivity contribution in [2.75, 3.05) is 31.6 Å². The summed E-state index contributed by atoms with van der Waals surface area (Å²) in [4.78, 5) is 9.86. The maximum atomic E-state index is 12.7. The van der Waals surface area contributed by atoms with E-state index in [0.717, 1.165) is 18.7 Å². The number of nitrogens with one attached hydrogen (secondary N) is 2. The van der Waals surface area contributed by atoms with Gasteiger partial charge < -0.3 is 15.5 Å². The predicted octanol–water partition coefficient (Wildman–Crippen LogP) is 2.68. The molecular weight excluding hydrogens is 343 g/mol. The van der Waals surface area contributed by atoms with E-state index in [2.05, 4.69) is 27.2 Å². The summed E-state index contributed by atoms with van der Waals surface area (Å²) in [6.45, 7) is 5.44. The van der Waals surface area contributed by atoms with Gasteiger partial charge in [-0.25, -0.2) is 4.98 Å². The first-order valence-electron chi connectivity index (χ1n) is 7.41. The molecule has 1 aromatic rings. The minimum Gasteiger partial charge on any atom is -0.353 e. The highest BCUT2D eigenvalue weighted by Gasteiger charge is 2.33. The Kier molecular flexibility index (Phi) is 5.93. The molecule has 1 aromatic heterocycles. The van der Waals surface area contributed by atoms with Crippen molar-refractivity contribution in [2.24, 2.45) is 4.99 Å². The molecule has 2 N–H and O–H groups in total. The third kappa shape index (κ3) is 4.53. The van der Waals surface area contributed by atoms with Crippen molar-refractivity contribution < 1.29 is 13.2 Å². The van der Waals surface area contributed by atoms with E-state index in [1.54, 1.807) is 13.1 Å². The first kappa shape index (κ1) is 18.4. The number of halogens is 4. The van der Waals surface area contributed by atoms with E-state index in [0.29, 0.717) is 31.4 Å². The van der Waals surface area contributed by atoms with Crippen molar-refractivity contribution in [1.29, 1.82) is 0 Å². The van der Waals surface area contributed by atoms with Crippen LogP contribution < -0.4 is 15.5 Å². The van der Waals surface area contributed by atoms with Crippen LogP contribution in [0.1, 0.15) is 12.0 Å². The van der Waals surface area contributed by atoms with Crippen molar-refractivity contribution in [3.63, 3.8) is 0 Å². The Labute approximate surface area is 143 Å². The molecule has 0 spiro atoms. The molecule has 9 heteroatoms. The molecule has 0 aromatic carbocycles. The van der Waals surface area contributed by atoms with E-state index in [9.17, 15) is 13.2 Å². The smallest absolute Gasteiger partial charge is 0.353 e. The zero-order valence-electron chi connectivity index (χ0n) is 13.2. The molecule has 1 aliphatic heterocycles. The monoisotopic (exact) mass is 361 g/mol. The summed E-state index contributed by atoms with van der Waals surface area (Å²) in [7, 11) is 1.67. The number of rotatable bonds is 4. The van der Waals surface area contributed by atoms with E-state index in [1.165, 1.54) is 0 Å². The van der Waals surface area contributed by atoms with Gasteiger partial charge in [-0.3, -0.25) is 4.99 Å². The zero-order valence-corrected chi connectivity index (χ0v) is 14.0. The third-order valence-corrected chi connectivity index (χ3v) is 3.89. The highest BCUT2D eigenvalue weighted by atomic mass is 35.5. The topological polar surface area (TPSA) is 52.6 Å². The SMILES string of the molecule is C=CCNC(=NC)NC1CCN(c2ncc(C(F)(F)F)cc2Cl)C1. The van der Waals surface area contributed by atoms with Crippen LogP contribution in [-0.2, 0) is 6.18 Å². The van der Waals surface area contributed by atoms with Crippen LogP contribution in [0.5, 0.6) is 0 Å². The van der Waals surface area contributed by atoms with Crippen molar-refractivity contribution >= 4 is 23.4 Å². The highest BCUT2D eigenvalue weighted by Crippen LogP contribution is 2.34. The Morgan fingerprint density at radius 1 is 1.58 bits per heavy atom. The minimum atomic E-state index is -4.45. The first-order valence-corrected chi connectivity index (χ1v) is 7.78. The number of pyridine rings is 1. The summed E-state index contributed by atoms with van der Waals surface area (Å²) in [5.41, 5.74) is -0.848. The number of anilines is 1. The van der Waals surface area contributed by atoms with Crippen LogP contribution in [0.15, 0.2) is 29.9 Å². The molecule has 1 unspecified atom stereocenters. The fourth-order valence-corrected chi connectivity index (χ4v) is 2.73. The zero-order chi connectivity index (χ0) is 17.7. The van der Waals surface area contributed by atoms with Gasteiger partial charge in [-0.1, -0.05) is 17.7 Å². The van der Waals surface area contributed by atoms with E-state index >= 15 is 0 Å². The maximum absolute atomic E-state index is 12.7. The summed E-state index contributed by atoms with van der Waals surface area (Å²) < 4.78 is 38.0. The fraction of sp³-hybridized carbons (Fsp3) is 0.467. The number of guanidine groups is 1. The fourth-order valence-electron chi connectivity index (χ4n) is 2.45. The average molecular weight is 362 g/mol. The number of nitrogens with zero attached hydrogens (tertiary/aromatic N) is 3. The molecule has 1 atom stereocenters. The van der Waals surface area contributed by atoms with Crippen molar-refractivity contribution in [3.8, 4) is 0 Å². The molecule has 1 fully saturated rings. The van der Waals surface area contributed by atoms with E-state index in [4.69, 9.17) is 11.6 Å². The molecule has 0 radical (unpaired) electrons. The van der Waals surface area contributed by atoms with Gasteiger partial charge in [0.1, 0.15) is 5.82 Å². The van der Waals surface area contributed by atoms with Gasteiger partial charge in [0.2, 0.25) is 0 Å². The van der Waals surface area contributed by atoms with Crippen LogP contribution >= 0.6 is 11.6 Å². The average Bonchev–Trinajstić information content (AvgIpc) is 2.98. The summed E-state index contributed by atoms with van der Waals surface area (Å²) in [5.74, 6) is 1.01. The lowest BCUT2D eigenvalue weighted by Crippen LogP contribution is -2.44. The molecule has 1 aliphatic rings. The maximum Gasteiger partial charge on any atom is 0.417 e. The summed E-state index contributed by atoms with van der Waals surface area (Å²) in [6, 6.07) is 1.01. The third-order valence-electron chi connectivity index (χ3n) is 3.62. The Morgan fingerprint density at radius 3 is 2.92 bits per heavy atom.